The molecule has 0 aliphatic carbocycles. The summed E-state index contributed by atoms with van der Waals surface area (Å²) < 4.78 is 17.4. The first kappa shape index (κ1) is 30.7. The molecule has 1 aliphatic rings. The lowest BCUT2D eigenvalue weighted by molar-refractivity contribution is -0.122. The Balaban J connectivity index is 1.24. The fourth-order valence-corrected chi connectivity index (χ4v) is 5.46. The normalized spacial score (nSPS) is 14.0. The lowest BCUT2D eigenvalue weighted by Gasteiger charge is -2.26. The Hall–Kier alpha value is -5.31. The minimum atomic E-state index is -0.865. The average Bonchev–Trinajstić information content (AvgIpc) is 3.06. The third-order valence-electron chi connectivity index (χ3n) is 7.39. The maximum atomic E-state index is 13.6. The minimum absolute atomic E-state index is 0.187. The topological polar surface area (TPSA) is 94.2 Å². The summed E-state index contributed by atoms with van der Waals surface area (Å²) in [4.78, 5) is 40.3. The first-order valence-corrected chi connectivity index (χ1v) is 14.9. The van der Waals surface area contributed by atoms with Crippen LogP contribution in [0.15, 0.2) is 109 Å². The van der Waals surface area contributed by atoms with Crippen molar-refractivity contribution in [2.24, 2.45) is 0 Å². The van der Waals surface area contributed by atoms with Gasteiger partial charge in [0.1, 0.15) is 36.0 Å². The van der Waals surface area contributed by atoms with Crippen molar-refractivity contribution in [2.75, 3.05) is 12.0 Å². The molecule has 10 heteroatoms. The molecule has 0 atom stereocenters. The van der Waals surface area contributed by atoms with Gasteiger partial charge in [-0.3, -0.25) is 14.9 Å². The van der Waals surface area contributed by atoms with Crippen LogP contribution in [-0.2, 0) is 22.8 Å². The molecule has 0 bridgehead atoms. The van der Waals surface area contributed by atoms with Gasteiger partial charge >= 0.3 is 6.03 Å². The molecule has 0 spiro atoms. The second-order valence-electron chi connectivity index (χ2n) is 10.3. The molecule has 0 aromatic heterocycles. The Bertz CT molecular complexity index is 2000. The van der Waals surface area contributed by atoms with Gasteiger partial charge in [0.05, 0.1) is 12.8 Å². The van der Waals surface area contributed by atoms with Gasteiger partial charge in [-0.15, -0.1) is 0 Å². The van der Waals surface area contributed by atoms with Crippen LogP contribution < -0.4 is 24.4 Å². The number of hydrogen-bond donors (Lipinski definition) is 1. The van der Waals surface area contributed by atoms with Crippen LogP contribution in [0.5, 0.6) is 17.2 Å². The largest absolute Gasteiger partial charge is 0.497 e. The van der Waals surface area contributed by atoms with Gasteiger partial charge in [0.25, 0.3) is 11.8 Å². The molecule has 1 heterocycles. The highest BCUT2D eigenvalue weighted by Crippen LogP contribution is 2.31. The van der Waals surface area contributed by atoms with E-state index < -0.39 is 17.8 Å². The summed E-state index contributed by atoms with van der Waals surface area (Å²) in [5.41, 5.74) is 2.18. The lowest BCUT2D eigenvalue weighted by atomic mass is 10.0. The Morgan fingerprint density at radius 3 is 2.28 bits per heavy atom. The molecule has 0 saturated carbocycles. The number of fused-ring (bicyclic) bond motifs is 1. The van der Waals surface area contributed by atoms with Crippen molar-refractivity contribution >= 4 is 63.6 Å². The smallest absolute Gasteiger partial charge is 0.335 e. The number of carbonyl (C=O) groups is 3. The van der Waals surface area contributed by atoms with Crippen molar-refractivity contribution in [3.63, 3.8) is 0 Å². The van der Waals surface area contributed by atoms with Gasteiger partial charge in [-0.25, -0.2) is 9.69 Å². The zero-order chi connectivity index (χ0) is 32.2. The standard InChI is InChI=1S/C36H26Cl2N2O6/c1-44-29-14-10-23(33(19-29)46-20-24-7-4-6-22-5-2-3-8-30(22)24)17-31-34(41)39-36(43)40(35(31)42)27-12-15-28(16-13-27)45-21-25-9-11-26(37)18-32(25)38/h2-19H,20-21H2,1H3,(H,39,41,43)/b31-17+. The summed E-state index contributed by atoms with van der Waals surface area (Å²) in [7, 11) is 1.53. The van der Waals surface area contributed by atoms with Gasteiger partial charge in [0.15, 0.2) is 0 Å². The van der Waals surface area contributed by atoms with Crippen LogP contribution in [0, 0.1) is 0 Å². The number of carbonyl (C=O) groups excluding carboxylic acids is 3. The highest BCUT2D eigenvalue weighted by atomic mass is 35.5. The molecule has 1 aliphatic heterocycles. The zero-order valence-electron chi connectivity index (χ0n) is 24.5. The van der Waals surface area contributed by atoms with E-state index in [-0.39, 0.29) is 24.5 Å². The van der Waals surface area contributed by atoms with Crippen LogP contribution in [0.3, 0.4) is 0 Å². The Kier molecular flexibility index (Phi) is 8.92. The SMILES string of the molecule is COc1ccc(/C=C2\C(=O)NC(=O)N(c3ccc(OCc4ccc(Cl)cc4Cl)cc3)C2=O)c(OCc2cccc3ccccc23)c1. The molecule has 46 heavy (non-hydrogen) atoms. The van der Waals surface area contributed by atoms with E-state index in [4.69, 9.17) is 37.4 Å². The van der Waals surface area contributed by atoms with Crippen LogP contribution >= 0.6 is 23.2 Å². The molecule has 1 fully saturated rings. The van der Waals surface area contributed by atoms with Crippen LogP contribution in [0.2, 0.25) is 10.0 Å². The molecule has 1 N–H and O–H groups in total. The number of nitrogens with zero attached hydrogens (tertiary/aromatic N) is 1. The number of amides is 4. The van der Waals surface area contributed by atoms with E-state index in [0.29, 0.717) is 32.9 Å². The molecule has 5 aromatic rings. The molecule has 0 radical (unpaired) electrons. The van der Waals surface area contributed by atoms with Gasteiger partial charge in [0, 0.05) is 27.2 Å². The lowest BCUT2D eigenvalue weighted by Crippen LogP contribution is -2.54. The van der Waals surface area contributed by atoms with E-state index in [0.717, 1.165) is 26.8 Å². The molecule has 4 amide bonds. The van der Waals surface area contributed by atoms with Gasteiger partial charge in [0.2, 0.25) is 0 Å². The van der Waals surface area contributed by atoms with Crippen LogP contribution in [0.4, 0.5) is 10.5 Å². The number of ether oxygens (including phenoxy) is 3. The van der Waals surface area contributed by atoms with E-state index in [1.165, 1.54) is 13.2 Å². The van der Waals surface area contributed by atoms with Gasteiger partial charge < -0.3 is 14.2 Å². The van der Waals surface area contributed by atoms with Crippen molar-refractivity contribution in [3.05, 3.63) is 135 Å². The molecular formula is C36H26Cl2N2O6. The van der Waals surface area contributed by atoms with Crippen molar-refractivity contribution in [3.8, 4) is 17.2 Å². The van der Waals surface area contributed by atoms with Crippen molar-refractivity contribution in [1.82, 2.24) is 5.32 Å². The molecule has 6 rings (SSSR count). The molecule has 5 aromatic carbocycles. The minimum Gasteiger partial charge on any atom is -0.497 e. The van der Waals surface area contributed by atoms with Crippen LogP contribution in [0.25, 0.3) is 16.8 Å². The van der Waals surface area contributed by atoms with Crippen molar-refractivity contribution < 1.29 is 28.6 Å². The van der Waals surface area contributed by atoms with E-state index in [2.05, 4.69) is 5.32 Å². The van der Waals surface area contributed by atoms with E-state index in [1.54, 1.807) is 60.7 Å². The monoisotopic (exact) mass is 652 g/mol. The van der Waals surface area contributed by atoms with Crippen molar-refractivity contribution in [1.29, 1.82) is 0 Å². The highest BCUT2D eigenvalue weighted by Gasteiger charge is 2.37. The number of urea groups is 1. The van der Waals surface area contributed by atoms with Gasteiger partial charge in [-0.1, -0.05) is 71.7 Å². The summed E-state index contributed by atoms with van der Waals surface area (Å²) in [5.74, 6) is -0.191. The number of hydrogen-bond acceptors (Lipinski definition) is 6. The summed E-state index contributed by atoms with van der Waals surface area (Å²) >= 11 is 12.2. The number of halogens is 2. The quantitative estimate of drug-likeness (QED) is 0.128. The third-order valence-corrected chi connectivity index (χ3v) is 7.98. The predicted octanol–water partition coefficient (Wildman–Crippen LogP) is 7.98. The molecular weight excluding hydrogens is 627 g/mol. The first-order valence-electron chi connectivity index (χ1n) is 14.2. The molecule has 230 valence electrons. The third kappa shape index (κ3) is 6.54. The Labute approximate surface area is 274 Å². The van der Waals surface area contributed by atoms with Crippen LogP contribution in [-0.4, -0.2) is 25.0 Å². The number of barbiturate groups is 1. The maximum absolute atomic E-state index is 13.6. The number of nitrogens with one attached hydrogen (secondary N) is 1. The van der Waals surface area contributed by atoms with Crippen molar-refractivity contribution in [2.45, 2.75) is 13.2 Å². The van der Waals surface area contributed by atoms with Gasteiger partial charge in [-0.2, -0.15) is 0 Å². The average molecular weight is 654 g/mol. The number of anilines is 1. The van der Waals surface area contributed by atoms with Crippen LogP contribution in [0.1, 0.15) is 16.7 Å². The summed E-state index contributed by atoms with van der Waals surface area (Å²) in [6.45, 7) is 0.417. The number of rotatable bonds is 9. The Morgan fingerprint density at radius 2 is 1.50 bits per heavy atom. The second kappa shape index (κ2) is 13.4. The van der Waals surface area contributed by atoms with E-state index >= 15 is 0 Å². The van der Waals surface area contributed by atoms with Gasteiger partial charge in [-0.05, 0) is 70.9 Å². The summed E-state index contributed by atoms with van der Waals surface area (Å²) in [5, 5.41) is 5.38. The molecule has 0 unspecified atom stereocenters. The fraction of sp³-hybridized carbons (Fsp3) is 0.0833. The zero-order valence-corrected chi connectivity index (χ0v) is 26.0. The predicted molar refractivity (Wildman–Crippen MR) is 178 cm³/mol. The number of imide groups is 2. The van der Waals surface area contributed by atoms with E-state index in [9.17, 15) is 14.4 Å². The molecule has 8 nitrogen and oxygen atoms in total. The van der Waals surface area contributed by atoms with E-state index in [1.807, 2.05) is 42.5 Å². The second-order valence-corrected chi connectivity index (χ2v) is 11.2. The highest BCUT2D eigenvalue weighted by molar-refractivity contribution is 6.39. The maximum Gasteiger partial charge on any atom is 0.335 e. The first-order chi connectivity index (χ1) is 22.3. The Morgan fingerprint density at radius 1 is 0.761 bits per heavy atom. The number of methoxy groups -OCH3 is 1. The molecule has 1 saturated heterocycles. The number of benzene rings is 5. The summed E-state index contributed by atoms with van der Waals surface area (Å²) in [6, 6.07) is 29.6. The summed E-state index contributed by atoms with van der Waals surface area (Å²) in [6.07, 6.45) is 1.41. The fourth-order valence-electron chi connectivity index (χ4n) is 5.00.